The van der Waals surface area contributed by atoms with Gasteiger partial charge in [0.05, 0.1) is 0 Å². The maximum Gasteiger partial charge on any atom is 0.260 e. The van der Waals surface area contributed by atoms with Gasteiger partial charge in [-0.2, -0.15) is 0 Å². The minimum absolute atomic E-state index is 0.167. The zero-order valence-corrected chi connectivity index (χ0v) is 12.7. The maximum atomic E-state index is 12.4. The van der Waals surface area contributed by atoms with Gasteiger partial charge in [0, 0.05) is 38.2 Å². The standard InChI is InChI=1S/C16H20N4O2/c1-12-17-7-10-20(12)11-13-4-8-19(9-5-13)16(22)14-3-2-6-18-15(14)21/h2-3,6-7,10,13H,4-5,8-9,11H2,1H3,(H,18,21). The van der Waals surface area contributed by atoms with Crippen LogP contribution < -0.4 is 5.56 Å². The fourth-order valence-electron chi connectivity index (χ4n) is 2.95. The molecule has 0 aromatic carbocycles. The molecule has 0 bridgehead atoms. The van der Waals surface area contributed by atoms with E-state index in [9.17, 15) is 9.59 Å². The minimum atomic E-state index is -0.316. The summed E-state index contributed by atoms with van der Waals surface area (Å²) in [5, 5.41) is 0. The number of amides is 1. The molecular weight excluding hydrogens is 280 g/mol. The molecule has 1 saturated heterocycles. The largest absolute Gasteiger partial charge is 0.338 e. The number of imidazole rings is 1. The third-order valence-corrected chi connectivity index (χ3v) is 4.33. The van der Waals surface area contributed by atoms with Gasteiger partial charge >= 0.3 is 0 Å². The predicted molar refractivity (Wildman–Crippen MR) is 82.7 cm³/mol. The molecule has 0 atom stereocenters. The fraction of sp³-hybridized carbons (Fsp3) is 0.438. The molecule has 0 saturated carbocycles. The Balaban J connectivity index is 1.60. The van der Waals surface area contributed by atoms with E-state index in [-0.39, 0.29) is 17.0 Å². The smallest absolute Gasteiger partial charge is 0.260 e. The molecule has 6 nitrogen and oxygen atoms in total. The molecule has 1 N–H and O–H groups in total. The Labute approximate surface area is 128 Å². The number of pyridine rings is 1. The van der Waals surface area contributed by atoms with Crippen molar-refractivity contribution in [3.05, 3.63) is 52.5 Å². The Morgan fingerprint density at radius 1 is 1.41 bits per heavy atom. The summed E-state index contributed by atoms with van der Waals surface area (Å²) in [6.45, 7) is 4.34. The van der Waals surface area contributed by atoms with Crippen LogP contribution in [0.1, 0.15) is 29.0 Å². The molecule has 1 fully saturated rings. The summed E-state index contributed by atoms with van der Waals surface area (Å²) in [7, 11) is 0. The van der Waals surface area contributed by atoms with E-state index in [1.165, 1.54) is 0 Å². The fourth-order valence-corrected chi connectivity index (χ4v) is 2.95. The van der Waals surface area contributed by atoms with Gasteiger partial charge in [-0.25, -0.2) is 4.98 Å². The second kappa shape index (κ2) is 6.17. The Bertz CT molecular complexity index is 711. The van der Waals surface area contributed by atoms with Crippen molar-refractivity contribution in [3.63, 3.8) is 0 Å². The van der Waals surface area contributed by atoms with Gasteiger partial charge in [0.15, 0.2) is 0 Å². The first-order chi connectivity index (χ1) is 10.6. The van der Waals surface area contributed by atoms with Crippen LogP contribution in [0.25, 0.3) is 0 Å². The molecule has 0 aliphatic carbocycles. The van der Waals surface area contributed by atoms with E-state index in [1.54, 1.807) is 23.2 Å². The highest BCUT2D eigenvalue weighted by Gasteiger charge is 2.25. The second-order valence-electron chi connectivity index (χ2n) is 5.78. The van der Waals surface area contributed by atoms with Gasteiger partial charge in [-0.1, -0.05) is 0 Å². The number of carbonyl (C=O) groups excluding carboxylic acids is 1. The van der Waals surface area contributed by atoms with Crippen molar-refractivity contribution in [3.8, 4) is 0 Å². The van der Waals surface area contributed by atoms with Crippen molar-refractivity contribution < 1.29 is 4.79 Å². The number of hydrogen-bond acceptors (Lipinski definition) is 3. The van der Waals surface area contributed by atoms with E-state index in [4.69, 9.17) is 0 Å². The number of likely N-dealkylation sites (tertiary alicyclic amines) is 1. The molecule has 22 heavy (non-hydrogen) atoms. The maximum absolute atomic E-state index is 12.4. The van der Waals surface area contributed by atoms with Crippen molar-refractivity contribution in [1.29, 1.82) is 0 Å². The van der Waals surface area contributed by atoms with Crippen molar-refractivity contribution in [2.75, 3.05) is 13.1 Å². The lowest BCUT2D eigenvalue weighted by Gasteiger charge is -2.32. The summed E-state index contributed by atoms with van der Waals surface area (Å²) >= 11 is 0. The van der Waals surface area contributed by atoms with E-state index in [2.05, 4.69) is 14.5 Å². The van der Waals surface area contributed by atoms with E-state index in [1.807, 2.05) is 19.3 Å². The van der Waals surface area contributed by atoms with Crippen LogP contribution in [-0.4, -0.2) is 38.4 Å². The molecule has 0 unspecified atom stereocenters. The molecule has 6 heteroatoms. The number of piperidine rings is 1. The van der Waals surface area contributed by atoms with Gasteiger partial charge in [0.25, 0.3) is 11.5 Å². The number of rotatable bonds is 3. The van der Waals surface area contributed by atoms with Gasteiger partial charge in [-0.15, -0.1) is 0 Å². The van der Waals surface area contributed by atoms with Crippen LogP contribution in [0, 0.1) is 12.8 Å². The lowest BCUT2D eigenvalue weighted by atomic mass is 9.96. The topological polar surface area (TPSA) is 71.0 Å². The lowest BCUT2D eigenvalue weighted by Crippen LogP contribution is -2.41. The van der Waals surface area contributed by atoms with Crippen LogP contribution in [0.4, 0.5) is 0 Å². The first-order valence-electron chi connectivity index (χ1n) is 7.60. The highest BCUT2D eigenvalue weighted by atomic mass is 16.2. The Kier molecular flexibility index (Phi) is 4.09. The number of H-pyrrole nitrogens is 1. The van der Waals surface area contributed by atoms with Crippen molar-refractivity contribution >= 4 is 5.91 Å². The Hall–Kier alpha value is -2.37. The zero-order valence-electron chi connectivity index (χ0n) is 12.7. The summed E-state index contributed by atoms with van der Waals surface area (Å²) in [6.07, 6.45) is 7.26. The Morgan fingerprint density at radius 3 is 2.82 bits per heavy atom. The van der Waals surface area contributed by atoms with Crippen molar-refractivity contribution in [2.24, 2.45) is 5.92 Å². The highest BCUT2D eigenvalue weighted by Crippen LogP contribution is 2.20. The van der Waals surface area contributed by atoms with Crippen LogP contribution in [0.5, 0.6) is 0 Å². The summed E-state index contributed by atoms with van der Waals surface area (Å²) in [5.74, 6) is 1.40. The van der Waals surface area contributed by atoms with Crippen molar-refractivity contribution in [2.45, 2.75) is 26.3 Å². The van der Waals surface area contributed by atoms with E-state index in [0.29, 0.717) is 19.0 Å². The number of aromatic amines is 1. The van der Waals surface area contributed by atoms with E-state index >= 15 is 0 Å². The third kappa shape index (κ3) is 2.95. The zero-order chi connectivity index (χ0) is 15.5. The first kappa shape index (κ1) is 14.6. The molecule has 0 radical (unpaired) electrons. The average Bonchev–Trinajstić information content (AvgIpc) is 2.93. The lowest BCUT2D eigenvalue weighted by molar-refractivity contribution is 0.0680. The third-order valence-electron chi connectivity index (χ3n) is 4.33. The van der Waals surface area contributed by atoms with Gasteiger partial charge < -0.3 is 14.5 Å². The highest BCUT2D eigenvalue weighted by molar-refractivity contribution is 5.93. The van der Waals surface area contributed by atoms with E-state index < -0.39 is 0 Å². The molecular formula is C16H20N4O2. The normalized spacial score (nSPS) is 16.0. The molecule has 3 rings (SSSR count). The van der Waals surface area contributed by atoms with Crippen molar-refractivity contribution in [1.82, 2.24) is 19.4 Å². The van der Waals surface area contributed by atoms with E-state index in [0.717, 1.165) is 25.2 Å². The minimum Gasteiger partial charge on any atom is -0.338 e. The molecule has 1 aliphatic heterocycles. The number of hydrogen-bond donors (Lipinski definition) is 1. The summed E-state index contributed by atoms with van der Waals surface area (Å²) in [6, 6.07) is 3.27. The molecule has 2 aromatic rings. The number of nitrogens with one attached hydrogen (secondary N) is 1. The first-order valence-corrected chi connectivity index (χ1v) is 7.60. The predicted octanol–water partition coefficient (Wildman–Crippen LogP) is 1.43. The number of aryl methyl sites for hydroxylation is 1. The van der Waals surface area contributed by atoms with Gasteiger partial charge in [-0.05, 0) is 37.8 Å². The van der Waals surface area contributed by atoms with Crippen LogP contribution >= 0.6 is 0 Å². The van der Waals surface area contributed by atoms with Gasteiger partial charge in [0.1, 0.15) is 11.4 Å². The van der Waals surface area contributed by atoms with Crippen LogP contribution in [0.2, 0.25) is 0 Å². The molecule has 116 valence electrons. The summed E-state index contributed by atoms with van der Waals surface area (Å²) in [5.41, 5.74) is -0.0879. The monoisotopic (exact) mass is 300 g/mol. The van der Waals surface area contributed by atoms with Crippen LogP contribution in [0.15, 0.2) is 35.5 Å². The van der Waals surface area contributed by atoms with Crippen LogP contribution in [-0.2, 0) is 6.54 Å². The second-order valence-corrected chi connectivity index (χ2v) is 5.78. The molecule has 0 spiro atoms. The SMILES string of the molecule is Cc1nccn1CC1CCN(C(=O)c2ccc[nH]c2=O)CC1. The number of aromatic nitrogens is 3. The number of nitrogens with zero attached hydrogens (tertiary/aromatic N) is 3. The average molecular weight is 300 g/mol. The summed E-state index contributed by atoms with van der Waals surface area (Å²) in [4.78, 5) is 32.7. The molecule has 2 aromatic heterocycles. The quantitative estimate of drug-likeness (QED) is 0.932. The molecule has 1 aliphatic rings. The summed E-state index contributed by atoms with van der Waals surface area (Å²) < 4.78 is 2.16. The van der Waals surface area contributed by atoms with Gasteiger partial charge in [0.2, 0.25) is 0 Å². The molecule has 3 heterocycles. The molecule has 1 amide bonds. The van der Waals surface area contributed by atoms with Crippen LogP contribution in [0.3, 0.4) is 0 Å². The number of carbonyl (C=O) groups is 1. The Morgan fingerprint density at radius 2 is 2.18 bits per heavy atom. The van der Waals surface area contributed by atoms with Gasteiger partial charge in [-0.3, -0.25) is 9.59 Å².